The van der Waals surface area contributed by atoms with Crippen molar-refractivity contribution >= 4 is 11.9 Å². The molecule has 0 saturated carbocycles. The van der Waals surface area contributed by atoms with Gasteiger partial charge in [-0.15, -0.1) is 0 Å². The molecule has 0 unspecified atom stereocenters. The molecular weight excluding hydrogens is 439 g/mol. The third kappa shape index (κ3) is 6.34. The van der Waals surface area contributed by atoms with Crippen LogP contribution in [0, 0.1) is 19.7 Å². The number of hydrogen-bond donors (Lipinski definition) is 1. The smallest absolute Gasteiger partial charge is 0.387 e. The van der Waals surface area contributed by atoms with Crippen LogP contribution in [0.25, 0.3) is 5.69 Å². The Kier molecular flexibility index (Phi) is 7.70. The summed E-state index contributed by atoms with van der Waals surface area (Å²) in [5, 5.41) is 6.93. The highest BCUT2D eigenvalue weighted by Gasteiger charge is 2.21. The van der Waals surface area contributed by atoms with Gasteiger partial charge in [-0.05, 0) is 62.2 Å². The molecule has 1 heterocycles. The van der Waals surface area contributed by atoms with E-state index in [2.05, 4.69) is 15.2 Å². The highest BCUT2D eigenvalue weighted by Crippen LogP contribution is 2.19. The first kappa shape index (κ1) is 23.8. The van der Waals surface area contributed by atoms with Crippen molar-refractivity contribution in [3.63, 3.8) is 0 Å². The Morgan fingerprint density at radius 3 is 2.36 bits per heavy atom. The Morgan fingerprint density at radius 1 is 1.06 bits per heavy atom. The molecule has 2 aromatic carbocycles. The molecule has 0 spiro atoms. The highest BCUT2D eigenvalue weighted by molar-refractivity contribution is 5.93. The molecule has 0 saturated heterocycles. The predicted molar refractivity (Wildman–Crippen MR) is 113 cm³/mol. The molecule has 174 valence electrons. The number of amides is 1. The zero-order chi connectivity index (χ0) is 24.0. The van der Waals surface area contributed by atoms with Gasteiger partial charge in [-0.1, -0.05) is 12.1 Å². The average Bonchev–Trinajstić information content (AvgIpc) is 3.07. The lowest BCUT2D eigenvalue weighted by atomic mass is 10.1. The fraction of sp³-hybridized carbons (Fsp3) is 0.261. The maximum Gasteiger partial charge on any atom is 0.387 e. The molecule has 0 bridgehead atoms. The molecule has 3 aromatic rings. The minimum absolute atomic E-state index is 0.0537. The Balaban J connectivity index is 1.49. The topological polar surface area (TPSA) is 82.5 Å². The third-order valence-corrected chi connectivity index (χ3v) is 4.79. The number of esters is 1. The molecule has 0 aliphatic rings. The van der Waals surface area contributed by atoms with Crippen LogP contribution in [0.5, 0.6) is 5.75 Å². The summed E-state index contributed by atoms with van der Waals surface area (Å²) >= 11 is 0. The number of alkyl halides is 2. The van der Waals surface area contributed by atoms with Crippen LogP contribution in [0.4, 0.5) is 13.2 Å². The standard InChI is InChI=1S/C23H22F3N3O4/c1-14-21(15(2)29(28-14)18-7-5-17(24)6-8-18)22(31)32-13-20(30)27-12-11-16-3-9-19(10-4-16)33-23(25)26/h3-10,23H,11-13H2,1-2H3,(H,27,30). The van der Waals surface area contributed by atoms with Crippen LogP contribution in [0.1, 0.15) is 27.3 Å². The second kappa shape index (κ2) is 10.7. The molecule has 0 fully saturated rings. The van der Waals surface area contributed by atoms with Crippen LogP contribution in [0.3, 0.4) is 0 Å². The molecule has 3 rings (SSSR count). The highest BCUT2D eigenvalue weighted by atomic mass is 19.3. The number of nitrogens with zero attached hydrogens (tertiary/aromatic N) is 2. The summed E-state index contributed by atoms with van der Waals surface area (Å²) in [4.78, 5) is 24.5. The van der Waals surface area contributed by atoms with Crippen LogP contribution >= 0.6 is 0 Å². The van der Waals surface area contributed by atoms with Crippen LogP contribution in [0.15, 0.2) is 48.5 Å². The van der Waals surface area contributed by atoms with Gasteiger partial charge in [-0.25, -0.2) is 13.9 Å². The van der Waals surface area contributed by atoms with Crippen molar-refractivity contribution in [3.05, 3.63) is 76.9 Å². The van der Waals surface area contributed by atoms with E-state index in [0.29, 0.717) is 23.5 Å². The third-order valence-electron chi connectivity index (χ3n) is 4.79. The molecule has 1 N–H and O–H groups in total. The van der Waals surface area contributed by atoms with Crippen molar-refractivity contribution in [3.8, 4) is 11.4 Å². The number of aryl methyl sites for hydroxylation is 1. The first-order valence-electron chi connectivity index (χ1n) is 10.0. The SMILES string of the molecule is Cc1nn(-c2ccc(F)cc2)c(C)c1C(=O)OCC(=O)NCCc1ccc(OC(F)F)cc1. The van der Waals surface area contributed by atoms with Crippen molar-refractivity contribution < 1.29 is 32.2 Å². The lowest BCUT2D eigenvalue weighted by Gasteiger charge is -2.08. The molecule has 0 aliphatic carbocycles. The van der Waals surface area contributed by atoms with Gasteiger partial charge < -0.3 is 14.8 Å². The Hall–Kier alpha value is -3.82. The Bertz CT molecular complexity index is 1110. The van der Waals surface area contributed by atoms with Gasteiger partial charge in [-0.2, -0.15) is 13.9 Å². The van der Waals surface area contributed by atoms with Crippen molar-refractivity contribution in [1.82, 2.24) is 15.1 Å². The lowest BCUT2D eigenvalue weighted by Crippen LogP contribution is -2.30. The van der Waals surface area contributed by atoms with Crippen LogP contribution in [-0.4, -0.2) is 41.4 Å². The number of aromatic nitrogens is 2. The maximum absolute atomic E-state index is 13.2. The maximum atomic E-state index is 13.2. The molecular formula is C23H22F3N3O4. The van der Waals surface area contributed by atoms with E-state index in [0.717, 1.165) is 5.56 Å². The van der Waals surface area contributed by atoms with Crippen LogP contribution < -0.4 is 10.1 Å². The molecule has 0 atom stereocenters. The number of nitrogens with one attached hydrogen (secondary N) is 1. The first-order valence-corrected chi connectivity index (χ1v) is 10.0. The summed E-state index contributed by atoms with van der Waals surface area (Å²) in [5.74, 6) is -1.51. The minimum atomic E-state index is -2.89. The molecule has 7 nitrogen and oxygen atoms in total. The van der Waals surface area contributed by atoms with Gasteiger partial charge in [0, 0.05) is 6.54 Å². The normalized spacial score (nSPS) is 10.8. The molecule has 0 aliphatic heterocycles. The fourth-order valence-electron chi connectivity index (χ4n) is 3.21. The van der Waals surface area contributed by atoms with Gasteiger partial charge in [0.1, 0.15) is 17.1 Å². The van der Waals surface area contributed by atoms with E-state index in [1.54, 1.807) is 26.0 Å². The Morgan fingerprint density at radius 2 is 1.73 bits per heavy atom. The summed E-state index contributed by atoms with van der Waals surface area (Å²) in [6.45, 7) is 0.230. The van der Waals surface area contributed by atoms with E-state index in [-0.39, 0.29) is 23.7 Å². The molecule has 33 heavy (non-hydrogen) atoms. The average molecular weight is 461 g/mol. The number of carbonyl (C=O) groups excluding carboxylic acids is 2. The number of halogens is 3. The number of hydrogen-bond acceptors (Lipinski definition) is 5. The fourth-order valence-corrected chi connectivity index (χ4v) is 3.21. The van der Waals surface area contributed by atoms with Gasteiger partial charge in [0.15, 0.2) is 6.61 Å². The van der Waals surface area contributed by atoms with Gasteiger partial charge in [0.05, 0.1) is 17.1 Å². The second-order valence-corrected chi connectivity index (χ2v) is 7.13. The second-order valence-electron chi connectivity index (χ2n) is 7.13. The molecule has 10 heteroatoms. The molecule has 1 amide bonds. The number of rotatable bonds is 9. The minimum Gasteiger partial charge on any atom is -0.452 e. The van der Waals surface area contributed by atoms with Crippen molar-refractivity contribution in [2.75, 3.05) is 13.2 Å². The summed E-state index contributed by atoms with van der Waals surface area (Å²) in [6, 6.07) is 11.7. The largest absolute Gasteiger partial charge is 0.452 e. The van der Waals surface area contributed by atoms with Crippen molar-refractivity contribution in [2.45, 2.75) is 26.9 Å². The summed E-state index contributed by atoms with van der Waals surface area (Å²) in [7, 11) is 0. The van der Waals surface area contributed by atoms with E-state index in [9.17, 15) is 22.8 Å². The quantitative estimate of drug-likeness (QED) is 0.491. The van der Waals surface area contributed by atoms with Crippen LogP contribution in [-0.2, 0) is 16.0 Å². The van der Waals surface area contributed by atoms with E-state index in [1.807, 2.05) is 0 Å². The summed E-state index contributed by atoms with van der Waals surface area (Å²) in [6.07, 6.45) is 0.456. The van der Waals surface area contributed by atoms with Crippen LogP contribution in [0.2, 0.25) is 0 Å². The number of carbonyl (C=O) groups is 2. The zero-order valence-corrected chi connectivity index (χ0v) is 18.0. The van der Waals surface area contributed by atoms with Gasteiger partial charge in [0.25, 0.3) is 5.91 Å². The molecule has 1 aromatic heterocycles. The summed E-state index contributed by atoms with van der Waals surface area (Å²) < 4.78 is 48.4. The monoisotopic (exact) mass is 461 g/mol. The summed E-state index contributed by atoms with van der Waals surface area (Å²) in [5.41, 5.74) is 2.56. The van der Waals surface area contributed by atoms with Crippen molar-refractivity contribution in [1.29, 1.82) is 0 Å². The lowest BCUT2D eigenvalue weighted by molar-refractivity contribution is -0.124. The van der Waals surface area contributed by atoms with E-state index in [1.165, 1.54) is 41.1 Å². The van der Waals surface area contributed by atoms with E-state index < -0.39 is 25.1 Å². The number of ether oxygens (including phenoxy) is 2. The zero-order valence-electron chi connectivity index (χ0n) is 18.0. The first-order chi connectivity index (χ1) is 15.7. The van der Waals surface area contributed by atoms with E-state index in [4.69, 9.17) is 4.74 Å². The number of benzene rings is 2. The molecule has 0 radical (unpaired) electrons. The van der Waals surface area contributed by atoms with Gasteiger partial charge in [-0.3, -0.25) is 4.79 Å². The van der Waals surface area contributed by atoms with Crippen molar-refractivity contribution in [2.24, 2.45) is 0 Å². The van der Waals surface area contributed by atoms with Gasteiger partial charge >= 0.3 is 12.6 Å². The van der Waals surface area contributed by atoms with E-state index >= 15 is 0 Å². The van der Waals surface area contributed by atoms with Gasteiger partial charge in [0.2, 0.25) is 0 Å². The Labute approximate surface area is 188 Å². The predicted octanol–water partition coefficient (Wildman–Crippen LogP) is 3.75.